The predicted octanol–water partition coefficient (Wildman–Crippen LogP) is 3.22. The van der Waals surface area contributed by atoms with E-state index in [-0.39, 0.29) is 32.4 Å². The first kappa shape index (κ1) is 22.7. The zero-order valence-corrected chi connectivity index (χ0v) is 18.6. The summed E-state index contributed by atoms with van der Waals surface area (Å²) in [6.07, 6.45) is 0.951. The molecule has 2 bridgehead atoms. The molecule has 2 aromatic carbocycles. The summed E-state index contributed by atoms with van der Waals surface area (Å²) in [6, 6.07) is 13.7. The topological polar surface area (TPSA) is 75.7 Å². The van der Waals surface area contributed by atoms with E-state index in [9.17, 15) is 22.0 Å². The van der Waals surface area contributed by atoms with Gasteiger partial charge in [-0.2, -0.15) is 8.78 Å². The van der Waals surface area contributed by atoms with Crippen LogP contribution >= 0.6 is 0 Å². The third-order valence-corrected chi connectivity index (χ3v) is 6.68. The van der Waals surface area contributed by atoms with Crippen LogP contribution in [0.4, 0.5) is 8.78 Å². The van der Waals surface area contributed by atoms with Gasteiger partial charge in [0, 0.05) is 24.6 Å². The number of nitrogens with one attached hydrogen (secondary N) is 1. The lowest BCUT2D eigenvalue weighted by molar-refractivity contribution is -0.159. The number of carbonyl (C=O) groups is 1. The van der Waals surface area contributed by atoms with Crippen LogP contribution in [-0.2, 0) is 21.2 Å². The molecule has 0 spiro atoms. The summed E-state index contributed by atoms with van der Waals surface area (Å²) in [5.41, 5.74) is 2.58. The van der Waals surface area contributed by atoms with Crippen LogP contribution in [0.25, 0.3) is 11.1 Å². The van der Waals surface area contributed by atoms with Crippen molar-refractivity contribution in [1.29, 1.82) is 0 Å². The maximum Gasteiger partial charge on any atom is 0.324 e. The van der Waals surface area contributed by atoms with Crippen molar-refractivity contribution in [2.45, 2.75) is 43.7 Å². The number of carbonyl (C=O) groups excluding carboxylic acids is 1. The van der Waals surface area contributed by atoms with E-state index in [2.05, 4.69) is 4.72 Å². The minimum Gasteiger partial charge on any atom is -0.493 e. The molecule has 9 heteroatoms. The number of hydrogen-bond donors (Lipinski definition) is 1. The van der Waals surface area contributed by atoms with Crippen molar-refractivity contribution in [3.05, 3.63) is 54.1 Å². The fourth-order valence-electron chi connectivity index (χ4n) is 4.50. The number of para-hydroxylation sites is 1. The Bertz CT molecular complexity index is 1110. The van der Waals surface area contributed by atoms with Crippen LogP contribution in [0.1, 0.15) is 24.8 Å². The van der Waals surface area contributed by atoms with Crippen molar-refractivity contribution >= 4 is 15.9 Å². The molecule has 172 valence electrons. The first-order chi connectivity index (χ1) is 15.1. The lowest BCUT2D eigenvalue weighted by Gasteiger charge is -2.31. The molecule has 2 aliphatic heterocycles. The van der Waals surface area contributed by atoms with Gasteiger partial charge < -0.3 is 9.64 Å². The highest BCUT2D eigenvalue weighted by Crippen LogP contribution is 2.34. The lowest BCUT2D eigenvalue weighted by Crippen LogP contribution is -2.51. The summed E-state index contributed by atoms with van der Waals surface area (Å²) in [5.74, 6) is -4.21. The Morgan fingerprint density at radius 1 is 1.16 bits per heavy atom. The highest BCUT2D eigenvalue weighted by Gasteiger charge is 2.48. The molecule has 2 unspecified atom stereocenters. The first-order valence-corrected chi connectivity index (χ1v) is 12.5. The lowest BCUT2D eigenvalue weighted by atomic mass is 9.96. The Morgan fingerprint density at radius 2 is 1.94 bits per heavy atom. The molecule has 0 aromatic heterocycles. The molecule has 6 nitrogen and oxygen atoms in total. The average molecular weight is 465 g/mol. The van der Waals surface area contributed by atoms with E-state index in [4.69, 9.17) is 4.74 Å². The van der Waals surface area contributed by atoms with E-state index in [1.807, 2.05) is 42.5 Å². The number of rotatable bonds is 2. The van der Waals surface area contributed by atoms with Crippen molar-refractivity contribution in [3.8, 4) is 16.9 Å². The minimum atomic E-state index is -3.57. The molecule has 0 aliphatic carbocycles. The van der Waals surface area contributed by atoms with Crippen LogP contribution in [-0.4, -0.2) is 56.6 Å². The number of nitrogens with zero attached hydrogens (tertiary/aromatic N) is 1. The Morgan fingerprint density at radius 3 is 2.72 bits per heavy atom. The van der Waals surface area contributed by atoms with Crippen LogP contribution in [0.3, 0.4) is 0 Å². The molecule has 1 N–H and O–H groups in total. The maximum atomic E-state index is 14.8. The molecule has 4 rings (SSSR count). The minimum absolute atomic E-state index is 0.0106. The zero-order chi connectivity index (χ0) is 22.9. The number of hydrogen-bond acceptors (Lipinski definition) is 4. The summed E-state index contributed by atoms with van der Waals surface area (Å²) in [5, 5.41) is 0. The van der Waals surface area contributed by atoms with Crippen molar-refractivity contribution in [1.82, 2.24) is 9.62 Å². The molecule has 2 atom stereocenters. The van der Waals surface area contributed by atoms with Crippen LogP contribution in [0.15, 0.2) is 48.5 Å². The molecule has 0 saturated carbocycles. The van der Waals surface area contributed by atoms with Crippen LogP contribution < -0.4 is 9.46 Å². The Labute approximate surface area is 186 Å². The van der Waals surface area contributed by atoms with Gasteiger partial charge in [-0.05, 0) is 36.5 Å². The van der Waals surface area contributed by atoms with E-state index in [1.165, 1.54) is 0 Å². The summed E-state index contributed by atoms with van der Waals surface area (Å²) < 4.78 is 61.6. The van der Waals surface area contributed by atoms with E-state index < -0.39 is 40.4 Å². The normalized spacial score (nSPS) is 23.6. The summed E-state index contributed by atoms with van der Waals surface area (Å²) in [7, 11) is -3.57. The van der Waals surface area contributed by atoms with Gasteiger partial charge in [0.2, 0.25) is 10.0 Å². The number of fused-ring (bicyclic) bond motifs is 5. The van der Waals surface area contributed by atoms with E-state index in [1.54, 1.807) is 6.07 Å². The second kappa shape index (κ2) is 8.78. The second-order valence-corrected chi connectivity index (χ2v) is 10.2. The Hall–Kier alpha value is -2.52. The highest BCUT2D eigenvalue weighted by molar-refractivity contribution is 7.88. The molecule has 2 aromatic rings. The molecule has 1 amide bonds. The monoisotopic (exact) mass is 464 g/mol. The number of alkyl halides is 2. The van der Waals surface area contributed by atoms with Gasteiger partial charge in [-0.3, -0.25) is 4.79 Å². The largest absolute Gasteiger partial charge is 0.493 e. The highest BCUT2D eigenvalue weighted by atomic mass is 32.2. The van der Waals surface area contributed by atoms with Gasteiger partial charge in [0.05, 0.1) is 18.9 Å². The number of sulfonamides is 1. The Balaban J connectivity index is 1.76. The molecule has 1 saturated heterocycles. The third-order valence-electron chi connectivity index (χ3n) is 5.95. The van der Waals surface area contributed by atoms with E-state index in [0.29, 0.717) is 5.75 Å². The van der Waals surface area contributed by atoms with Gasteiger partial charge in [0.1, 0.15) is 5.75 Å². The molecular formula is C23H26F2N2O4S. The van der Waals surface area contributed by atoms with Crippen molar-refractivity contribution < 1.29 is 26.7 Å². The maximum absolute atomic E-state index is 14.8. The molecule has 2 aliphatic rings. The SMILES string of the molecule is CS(=O)(=O)NC1CCN2C(=O)C(F)(F)CCCOc3ccccc3-c3cccc(c3)CC12. The molecule has 32 heavy (non-hydrogen) atoms. The quantitative estimate of drug-likeness (QED) is 0.741. The van der Waals surface area contributed by atoms with Gasteiger partial charge >= 0.3 is 5.92 Å². The first-order valence-electron chi connectivity index (χ1n) is 10.6. The third kappa shape index (κ3) is 4.94. The van der Waals surface area contributed by atoms with E-state index in [0.717, 1.165) is 27.8 Å². The molecule has 1 fully saturated rings. The second-order valence-electron chi connectivity index (χ2n) is 8.41. The predicted molar refractivity (Wildman–Crippen MR) is 117 cm³/mol. The van der Waals surface area contributed by atoms with Crippen molar-refractivity contribution in [2.75, 3.05) is 19.4 Å². The van der Waals surface area contributed by atoms with Gasteiger partial charge in [0.25, 0.3) is 5.91 Å². The summed E-state index contributed by atoms with van der Waals surface area (Å²) in [6.45, 7) is 0.132. The average Bonchev–Trinajstić information content (AvgIpc) is 3.11. The van der Waals surface area contributed by atoms with Gasteiger partial charge in [0.15, 0.2) is 0 Å². The fourth-order valence-corrected chi connectivity index (χ4v) is 5.33. The van der Waals surface area contributed by atoms with Gasteiger partial charge in [-0.15, -0.1) is 0 Å². The number of amides is 1. The van der Waals surface area contributed by atoms with Crippen LogP contribution in [0, 0.1) is 0 Å². The zero-order valence-electron chi connectivity index (χ0n) is 17.8. The number of ether oxygens (including phenoxy) is 1. The molecular weight excluding hydrogens is 438 g/mol. The van der Waals surface area contributed by atoms with Crippen molar-refractivity contribution in [3.63, 3.8) is 0 Å². The summed E-state index contributed by atoms with van der Waals surface area (Å²) >= 11 is 0. The van der Waals surface area contributed by atoms with E-state index >= 15 is 0 Å². The number of benzene rings is 2. The van der Waals surface area contributed by atoms with Gasteiger partial charge in [-0.1, -0.05) is 42.5 Å². The standard InChI is InChI=1S/C23H26F2N2O4S/c1-32(29,30)26-19-10-12-27-20(19)15-16-6-4-7-17(14-16)18-8-2-3-9-21(18)31-13-5-11-23(24,25)22(27)28/h2-4,6-9,14,19-20,26H,5,10-13,15H2,1H3. The molecule has 0 radical (unpaired) electrons. The Kier molecular flexibility index (Phi) is 6.22. The summed E-state index contributed by atoms with van der Waals surface area (Å²) in [4.78, 5) is 14.0. The van der Waals surface area contributed by atoms with Gasteiger partial charge in [-0.25, -0.2) is 13.1 Å². The smallest absolute Gasteiger partial charge is 0.324 e. The fraction of sp³-hybridized carbons (Fsp3) is 0.435. The van der Waals surface area contributed by atoms with Crippen LogP contribution in [0.5, 0.6) is 5.75 Å². The van der Waals surface area contributed by atoms with Crippen LogP contribution in [0.2, 0.25) is 0 Å². The molecule has 2 heterocycles. The number of halogens is 2. The van der Waals surface area contributed by atoms with Crippen molar-refractivity contribution in [2.24, 2.45) is 0 Å².